The minimum absolute atomic E-state index is 0.504. The summed E-state index contributed by atoms with van der Waals surface area (Å²) in [6.07, 6.45) is 9.68. The smallest absolute Gasteiger partial charge is 0.0948 e. The molecule has 1 fully saturated rings. The second-order valence-corrected chi connectivity index (χ2v) is 5.21. The zero-order valence-corrected chi connectivity index (χ0v) is 9.39. The highest BCUT2D eigenvalue weighted by Gasteiger charge is 2.42. The predicted octanol–water partition coefficient (Wildman–Crippen LogP) is 1.28. The number of aromatic nitrogens is 2. The van der Waals surface area contributed by atoms with E-state index >= 15 is 0 Å². The summed E-state index contributed by atoms with van der Waals surface area (Å²) in [5.74, 6) is 0. The summed E-state index contributed by atoms with van der Waals surface area (Å²) in [5, 5.41) is 0. The molecule has 1 heterocycles. The lowest BCUT2D eigenvalue weighted by Gasteiger charge is -2.14. The van der Waals surface area contributed by atoms with Gasteiger partial charge in [-0.2, -0.15) is 11.8 Å². The Labute approximate surface area is 89.1 Å². The van der Waals surface area contributed by atoms with E-state index in [1.807, 2.05) is 24.3 Å². The van der Waals surface area contributed by atoms with Gasteiger partial charge < -0.3 is 10.3 Å². The Balaban J connectivity index is 2.05. The van der Waals surface area contributed by atoms with Gasteiger partial charge in [-0.25, -0.2) is 4.98 Å². The average molecular weight is 211 g/mol. The van der Waals surface area contributed by atoms with Crippen LogP contribution in [0.25, 0.3) is 0 Å². The van der Waals surface area contributed by atoms with Gasteiger partial charge in [-0.05, 0) is 25.6 Å². The summed E-state index contributed by atoms with van der Waals surface area (Å²) in [6, 6.07) is 0. The third-order valence-corrected chi connectivity index (χ3v) is 4.30. The molecule has 4 heteroatoms. The van der Waals surface area contributed by atoms with Crippen molar-refractivity contribution in [2.75, 3.05) is 12.8 Å². The van der Waals surface area contributed by atoms with Crippen LogP contribution in [0, 0.1) is 0 Å². The summed E-state index contributed by atoms with van der Waals surface area (Å²) in [7, 11) is 0. The second kappa shape index (κ2) is 3.95. The molecule has 3 nitrogen and oxygen atoms in total. The van der Waals surface area contributed by atoms with Crippen LogP contribution < -0.4 is 5.73 Å². The Hall–Kier alpha value is -0.480. The van der Waals surface area contributed by atoms with E-state index in [1.165, 1.54) is 18.5 Å². The van der Waals surface area contributed by atoms with Crippen LogP contribution >= 0.6 is 11.8 Å². The fraction of sp³-hybridized carbons (Fsp3) is 0.700. The zero-order valence-electron chi connectivity index (χ0n) is 8.57. The number of hydrogen-bond acceptors (Lipinski definition) is 3. The van der Waals surface area contributed by atoms with E-state index in [0.29, 0.717) is 11.3 Å². The third-order valence-electron chi connectivity index (χ3n) is 2.90. The van der Waals surface area contributed by atoms with Crippen LogP contribution in [-0.4, -0.2) is 27.1 Å². The van der Waals surface area contributed by atoms with Crippen molar-refractivity contribution in [1.82, 2.24) is 9.55 Å². The molecule has 0 aromatic carbocycles. The van der Waals surface area contributed by atoms with Crippen LogP contribution in [0.2, 0.25) is 0 Å². The number of nitrogens with two attached hydrogens (primary N) is 1. The van der Waals surface area contributed by atoms with Crippen LogP contribution in [0.3, 0.4) is 0 Å². The van der Waals surface area contributed by atoms with Gasteiger partial charge in [0, 0.05) is 29.6 Å². The molecule has 0 saturated heterocycles. The minimum Gasteiger partial charge on any atom is -0.333 e. The molecular weight excluding hydrogens is 194 g/mol. The molecule has 1 aliphatic rings. The fourth-order valence-corrected chi connectivity index (χ4v) is 2.50. The average Bonchev–Trinajstić information content (AvgIpc) is 2.84. The first-order valence-electron chi connectivity index (χ1n) is 5.04. The normalized spacial score (nSPS) is 18.4. The zero-order chi connectivity index (χ0) is 10.0. The number of rotatable bonds is 5. The fourth-order valence-electron chi connectivity index (χ4n) is 1.72. The second-order valence-electron chi connectivity index (χ2n) is 3.94. The van der Waals surface area contributed by atoms with Crippen molar-refractivity contribution in [3.63, 3.8) is 0 Å². The van der Waals surface area contributed by atoms with Gasteiger partial charge >= 0.3 is 0 Å². The lowest BCUT2D eigenvalue weighted by Crippen LogP contribution is -2.16. The Bertz CT molecular complexity index is 304. The number of imidazole rings is 1. The molecule has 0 radical (unpaired) electrons. The monoisotopic (exact) mass is 211 g/mol. The molecule has 0 amide bonds. The van der Waals surface area contributed by atoms with Crippen molar-refractivity contribution in [3.05, 3.63) is 18.2 Å². The Morgan fingerprint density at radius 1 is 1.64 bits per heavy atom. The standard InChI is InChI=1S/C10H17N3S/c1-14-10(3-4-10)7-13-8-12-6-9(13)2-5-11/h6,8H,2-5,7,11H2,1H3. The largest absolute Gasteiger partial charge is 0.333 e. The van der Waals surface area contributed by atoms with E-state index in [0.717, 1.165) is 13.0 Å². The van der Waals surface area contributed by atoms with Crippen molar-refractivity contribution in [1.29, 1.82) is 0 Å². The van der Waals surface area contributed by atoms with Crippen molar-refractivity contribution < 1.29 is 0 Å². The van der Waals surface area contributed by atoms with Gasteiger partial charge in [0.1, 0.15) is 0 Å². The van der Waals surface area contributed by atoms with E-state index in [-0.39, 0.29) is 0 Å². The summed E-state index contributed by atoms with van der Waals surface area (Å²) in [6.45, 7) is 1.81. The molecule has 1 aromatic rings. The molecule has 2 rings (SSSR count). The van der Waals surface area contributed by atoms with Crippen LogP contribution in [0.1, 0.15) is 18.5 Å². The van der Waals surface area contributed by atoms with Gasteiger partial charge in [0.15, 0.2) is 0 Å². The summed E-state index contributed by atoms with van der Waals surface area (Å²) in [5.41, 5.74) is 6.83. The first-order chi connectivity index (χ1) is 6.79. The van der Waals surface area contributed by atoms with Gasteiger partial charge in [0.25, 0.3) is 0 Å². The third kappa shape index (κ3) is 1.96. The van der Waals surface area contributed by atoms with Crippen LogP contribution in [0.5, 0.6) is 0 Å². The lowest BCUT2D eigenvalue weighted by atomic mass is 10.3. The Kier molecular flexibility index (Phi) is 2.83. The summed E-state index contributed by atoms with van der Waals surface area (Å²) < 4.78 is 2.76. The molecule has 2 N–H and O–H groups in total. The van der Waals surface area contributed by atoms with E-state index in [9.17, 15) is 0 Å². The molecule has 14 heavy (non-hydrogen) atoms. The molecule has 0 aliphatic heterocycles. The minimum atomic E-state index is 0.504. The van der Waals surface area contributed by atoms with Crippen LogP contribution in [0.15, 0.2) is 12.5 Å². The topological polar surface area (TPSA) is 43.8 Å². The lowest BCUT2D eigenvalue weighted by molar-refractivity contribution is 0.629. The maximum absolute atomic E-state index is 5.55. The van der Waals surface area contributed by atoms with E-state index in [2.05, 4.69) is 15.8 Å². The molecule has 1 aliphatic carbocycles. The van der Waals surface area contributed by atoms with Crippen molar-refractivity contribution in [2.45, 2.75) is 30.6 Å². The highest BCUT2D eigenvalue weighted by molar-refractivity contribution is 8.00. The summed E-state index contributed by atoms with van der Waals surface area (Å²) in [4.78, 5) is 4.19. The maximum atomic E-state index is 5.55. The SMILES string of the molecule is CSC1(Cn2cncc2CCN)CC1. The molecule has 78 valence electrons. The maximum Gasteiger partial charge on any atom is 0.0948 e. The molecule has 1 saturated carbocycles. The van der Waals surface area contributed by atoms with Crippen LogP contribution in [0.4, 0.5) is 0 Å². The van der Waals surface area contributed by atoms with Gasteiger partial charge in [-0.1, -0.05) is 0 Å². The first-order valence-corrected chi connectivity index (χ1v) is 6.26. The molecule has 0 bridgehead atoms. The van der Waals surface area contributed by atoms with Crippen molar-refractivity contribution >= 4 is 11.8 Å². The van der Waals surface area contributed by atoms with E-state index < -0.39 is 0 Å². The molecular formula is C10H17N3S. The Morgan fingerprint density at radius 3 is 3.00 bits per heavy atom. The highest BCUT2D eigenvalue weighted by atomic mass is 32.2. The first kappa shape index (κ1) is 10.1. The van der Waals surface area contributed by atoms with E-state index in [4.69, 9.17) is 5.73 Å². The molecule has 1 aromatic heterocycles. The summed E-state index contributed by atoms with van der Waals surface area (Å²) >= 11 is 1.98. The van der Waals surface area contributed by atoms with Crippen LogP contribution in [-0.2, 0) is 13.0 Å². The number of nitrogens with zero attached hydrogens (tertiary/aromatic N) is 2. The molecule has 0 atom stereocenters. The predicted molar refractivity (Wildman–Crippen MR) is 60.5 cm³/mol. The Morgan fingerprint density at radius 2 is 2.43 bits per heavy atom. The van der Waals surface area contributed by atoms with E-state index in [1.54, 1.807) is 0 Å². The molecule has 0 spiro atoms. The van der Waals surface area contributed by atoms with Gasteiger partial charge in [0.05, 0.1) is 6.33 Å². The number of hydrogen-bond donors (Lipinski definition) is 1. The van der Waals surface area contributed by atoms with Gasteiger partial charge in [0.2, 0.25) is 0 Å². The van der Waals surface area contributed by atoms with Gasteiger partial charge in [-0.15, -0.1) is 0 Å². The van der Waals surface area contributed by atoms with Crippen molar-refractivity contribution in [2.24, 2.45) is 5.73 Å². The van der Waals surface area contributed by atoms with Gasteiger partial charge in [-0.3, -0.25) is 0 Å². The van der Waals surface area contributed by atoms with Crippen molar-refractivity contribution in [3.8, 4) is 0 Å². The molecule has 0 unspecified atom stereocenters. The quantitative estimate of drug-likeness (QED) is 0.798. The highest BCUT2D eigenvalue weighted by Crippen LogP contribution is 2.48. The number of thioether (sulfide) groups is 1.